The number of rotatable bonds is 3. The van der Waals surface area contributed by atoms with Gasteiger partial charge in [0.1, 0.15) is 5.76 Å². The molecule has 2 nitrogen and oxygen atoms in total. The molecule has 0 amide bonds. The number of hydrogen-bond acceptors (Lipinski definition) is 2. The van der Waals surface area contributed by atoms with Gasteiger partial charge >= 0.3 is 0 Å². The molecule has 0 aromatic heterocycles. The first kappa shape index (κ1) is 8.24. The fraction of sp³-hybridized carbons (Fsp3) is 0.429. The van der Waals surface area contributed by atoms with Crippen molar-refractivity contribution in [3.05, 3.63) is 24.2 Å². The van der Waals surface area contributed by atoms with E-state index in [1.807, 2.05) is 19.9 Å². The number of hydrogen-bond donors (Lipinski definition) is 1. The quantitative estimate of drug-likeness (QED) is 0.581. The molecule has 2 N–H and O–H groups in total. The molecule has 0 radical (unpaired) electrons. The highest BCUT2D eigenvalue weighted by atomic mass is 16.5. The van der Waals surface area contributed by atoms with E-state index in [1.54, 1.807) is 0 Å². The van der Waals surface area contributed by atoms with E-state index in [4.69, 9.17) is 10.5 Å². The van der Waals surface area contributed by atoms with E-state index in [0.717, 1.165) is 5.76 Å². The second-order valence-electron chi connectivity index (χ2n) is 1.74. The van der Waals surface area contributed by atoms with Gasteiger partial charge in [-0.1, -0.05) is 6.58 Å². The van der Waals surface area contributed by atoms with Gasteiger partial charge in [-0.2, -0.15) is 0 Å². The summed E-state index contributed by atoms with van der Waals surface area (Å²) in [6.07, 6.45) is 1.86. The summed E-state index contributed by atoms with van der Waals surface area (Å²) in [5, 5.41) is 0. The van der Waals surface area contributed by atoms with Gasteiger partial charge < -0.3 is 10.5 Å². The molecule has 0 aliphatic heterocycles. The lowest BCUT2D eigenvalue weighted by atomic mass is 10.5. The molecule has 0 heterocycles. The van der Waals surface area contributed by atoms with Gasteiger partial charge in [0.25, 0.3) is 0 Å². The van der Waals surface area contributed by atoms with Crippen molar-refractivity contribution in [2.45, 2.75) is 13.8 Å². The van der Waals surface area contributed by atoms with E-state index in [-0.39, 0.29) is 0 Å². The average Bonchev–Trinajstić information content (AvgIpc) is 1.87. The highest BCUT2D eigenvalue weighted by molar-refractivity contribution is 4.94. The number of ether oxygens (including phenoxy) is 1. The third kappa shape index (κ3) is 3.79. The Labute approximate surface area is 56.0 Å². The van der Waals surface area contributed by atoms with E-state index >= 15 is 0 Å². The van der Waals surface area contributed by atoms with E-state index in [9.17, 15) is 0 Å². The van der Waals surface area contributed by atoms with E-state index in [2.05, 4.69) is 6.58 Å². The molecule has 0 bridgehead atoms. The van der Waals surface area contributed by atoms with Crippen LogP contribution in [0.3, 0.4) is 0 Å². The number of allylic oxidation sites excluding steroid dienone is 2. The maximum absolute atomic E-state index is 5.22. The average molecular weight is 127 g/mol. The Hall–Kier alpha value is -0.760. The van der Waals surface area contributed by atoms with Crippen molar-refractivity contribution in [3.8, 4) is 0 Å². The highest BCUT2D eigenvalue weighted by Gasteiger charge is 1.89. The first-order chi connectivity index (χ1) is 4.20. The summed E-state index contributed by atoms with van der Waals surface area (Å²) >= 11 is 0. The minimum absolute atomic E-state index is 0.380. The van der Waals surface area contributed by atoms with Gasteiger partial charge in [-0.3, -0.25) is 0 Å². The Morgan fingerprint density at radius 1 is 1.78 bits per heavy atom. The second kappa shape index (κ2) is 4.15. The molecule has 0 aromatic rings. The predicted molar refractivity (Wildman–Crippen MR) is 38.7 cm³/mol. The minimum Gasteiger partial charge on any atom is -0.466 e. The van der Waals surface area contributed by atoms with Gasteiger partial charge in [-0.05, 0) is 19.9 Å². The van der Waals surface area contributed by atoms with Crippen molar-refractivity contribution in [1.82, 2.24) is 0 Å². The highest BCUT2D eigenvalue weighted by Crippen LogP contribution is 2.00. The Bertz CT molecular complexity index is 127. The molecule has 0 aromatic carbocycles. The summed E-state index contributed by atoms with van der Waals surface area (Å²) in [7, 11) is 0. The maximum atomic E-state index is 5.22. The summed E-state index contributed by atoms with van der Waals surface area (Å²) in [6, 6.07) is 0. The van der Waals surface area contributed by atoms with E-state index in [0.29, 0.717) is 12.3 Å². The zero-order valence-electron chi connectivity index (χ0n) is 5.98. The van der Waals surface area contributed by atoms with Gasteiger partial charge in [0.05, 0.1) is 12.3 Å². The molecule has 0 atom stereocenters. The third-order valence-electron chi connectivity index (χ3n) is 0.940. The van der Waals surface area contributed by atoms with Crippen molar-refractivity contribution in [2.75, 3.05) is 6.54 Å². The molecule has 0 fully saturated rings. The lowest BCUT2D eigenvalue weighted by Gasteiger charge is -2.04. The zero-order chi connectivity index (χ0) is 7.28. The second-order valence-corrected chi connectivity index (χ2v) is 1.74. The van der Waals surface area contributed by atoms with E-state index < -0.39 is 0 Å². The van der Waals surface area contributed by atoms with E-state index in [1.165, 1.54) is 0 Å². The monoisotopic (exact) mass is 127 g/mol. The van der Waals surface area contributed by atoms with Crippen LogP contribution < -0.4 is 5.73 Å². The van der Waals surface area contributed by atoms with Gasteiger partial charge in [0.15, 0.2) is 0 Å². The van der Waals surface area contributed by atoms with Crippen LogP contribution in [0.5, 0.6) is 0 Å². The number of nitrogens with two attached hydrogens (primary N) is 1. The molecular formula is C7H13NO. The Morgan fingerprint density at radius 2 is 2.33 bits per heavy atom. The summed E-state index contributed by atoms with van der Waals surface area (Å²) in [4.78, 5) is 0. The summed E-state index contributed by atoms with van der Waals surface area (Å²) in [5.41, 5.74) is 5.22. The Morgan fingerprint density at radius 3 is 2.67 bits per heavy atom. The van der Waals surface area contributed by atoms with Crippen molar-refractivity contribution in [1.29, 1.82) is 0 Å². The van der Waals surface area contributed by atoms with Crippen molar-refractivity contribution >= 4 is 0 Å². The van der Waals surface area contributed by atoms with Gasteiger partial charge in [0.2, 0.25) is 0 Å². The molecule has 0 unspecified atom stereocenters. The molecule has 0 saturated carbocycles. The molecule has 0 aliphatic carbocycles. The summed E-state index contributed by atoms with van der Waals surface area (Å²) in [5.74, 6) is 1.44. The molecule has 9 heavy (non-hydrogen) atoms. The summed E-state index contributed by atoms with van der Waals surface area (Å²) < 4.78 is 5.09. The Kier molecular flexibility index (Phi) is 3.80. The normalized spacial score (nSPS) is 11.2. The standard InChI is InChI=1S/C7H13NO/c1-4-6(2)9-7(3)5-8/h4H,3,5,8H2,1-2H3/b6-4-. The first-order valence-electron chi connectivity index (χ1n) is 2.89. The van der Waals surface area contributed by atoms with Crippen LogP contribution in [-0.4, -0.2) is 6.54 Å². The van der Waals surface area contributed by atoms with Crippen molar-refractivity contribution in [3.63, 3.8) is 0 Å². The molecular weight excluding hydrogens is 114 g/mol. The minimum atomic E-state index is 0.380. The molecule has 0 rings (SSSR count). The van der Waals surface area contributed by atoms with Crippen LogP contribution in [0.25, 0.3) is 0 Å². The smallest absolute Gasteiger partial charge is 0.110 e. The Balaban J connectivity index is 3.60. The molecule has 0 saturated heterocycles. The SMILES string of the molecule is C=C(CN)O/C(C)=C\C. The van der Waals surface area contributed by atoms with Crippen LogP contribution in [0, 0.1) is 0 Å². The fourth-order valence-electron chi connectivity index (χ4n) is 0.328. The van der Waals surface area contributed by atoms with Gasteiger partial charge in [-0.15, -0.1) is 0 Å². The first-order valence-corrected chi connectivity index (χ1v) is 2.89. The van der Waals surface area contributed by atoms with Crippen molar-refractivity contribution in [2.24, 2.45) is 5.73 Å². The molecule has 0 spiro atoms. The largest absolute Gasteiger partial charge is 0.466 e. The van der Waals surface area contributed by atoms with Gasteiger partial charge in [0, 0.05) is 0 Å². The molecule has 2 heteroatoms. The predicted octanol–water partition coefficient (Wildman–Crippen LogP) is 1.40. The van der Waals surface area contributed by atoms with Crippen LogP contribution in [0.15, 0.2) is 24.2 Å². The molecule has 52 valence electrons. The van der Waals surface area contributed by atoms with Crippen LogP contribution in [0.1, 0.15) is 13.8 Å². The van der Waals surface area contributed by atoms with Crippen LogP contribution in [0.2, 0.25) is 0 Å². The zero-order valence-corrected chi connectivity index (χ0v) is 5.98. The lowest BCUT2D eigenvalue weighted by molar-refractivity contribution is 0.303. The van der Waals surface area contributed by atoms with Gasteiger partial charge in [-0.25, -0.2) is 0 Å². The fourth-order valence-corrected chi connectivity index (χ4v) is 0.328. The third-order valence-corrected chi connectivity index (χ3v) is 0.940. The maximum Gasteiger partial charge on any atom is 0.110 e. The van der Waals surface area contributed by atoms with Crippen LogP contribution in [0.4, 0.5) is 0 Å². The lowest BCUT2D eigenvalue weighted by Crippen LogP contribution is -2.04. The van der Waals surface area contributed by atoms with Crippen LogP contribution in [-0.2, 0) is 4.74 Å². The topological polar surface area (TPSA) is 35.2 Å². The summed E-state index contributed by atoms with van der Waals surface area (Å²) in [6.45, 7) is 7.72. The molecule has 0 aliphatic rings. The van der Waals surface area contributed by atoms with Crippen LogP contribution >= 0.6 is 0 Å². The van der Waals surface area contributed by atoms with Crippen molar-refractivity contribution < 1.29 is 4.74 Å².